The van der Waals surface area contributed by atoms with Crippen LogP contribution >= 0.6 is 0 Å². The number of hydrogen-bond acceptors (Lipinski definition) is 8. The van der Waals surface area contributed by atoms with Gasteiger partial charge in [-0.25, -0.2) is 17.4 Å². The van der Waals surface area contributed by atoms with Gasteiger partial charge in [0.15, 0.2) is 9.84 Å². The summed E-state index contributed by atoms with van der Waals surface area (Å²) in [5.41, 5.74) is 0. The standard InChI is InChI=1S/C15H17NO8S2/c1-15(2)13(16-11(17)8-12(16)25(15,19)20)14(18)23-9-24-26(21,22)10-6-4-3-5-7-10/h3-7,12-13H,8-9H2,1-2H3/t12-,13+/m1/s1. The van der Waals surface area contributed by atoms with E-state index in [9.17, 15) is 26.4 Å². The molecular formula is C15H17NO8S2. The van der Waals surface area contributed by atoms with E-state index in [4.69, 9.17) is 4.74 Å². The van der Waals surface area contributed by atoms with Gasteiger partial charge in [0.05, 0.1) is 16.1 Å². The molecule has 11 heteroatoms. The fraction of sp³-hybridized carbons (Fsp3) is 0.467. The van der Waals surface area contributed by atoms with Crippen LogP contribution in [0, 0.1) is 0 Å². The van der Waals surface area contributed by atoms with Crippen LogP contribution in [0.15, 0.2) is 35.2 Å². The van der Waals surface area contributed by atoms with Crippen molar-refractivity contribution in [2.24, 2.45) is 0 Å². The molecule has 0 spiro atoms. The maximum absolute atomic E-state index is 12.4. The Morgan fingerprint density at radius 3 is 2.46 bits per heavy atom. The van der Waals surface area contributed by atoms with Crippen molar-refractivity contribution in [2.75, 3.05) is 6.79 Å². The largest absolute Gasteiger partial charge is 0.436 e. The molecular weight excluding hydrogens is 386 g/mol. The lowest BCUT2D eigenvalue weighted by Gasteiger charge is -2.36. The zero-order valence-electron chi connectivity index (χ0n) is 14.0. The molecule has 0 bridgehead atoms. The Balaban J connectivity index is 1.70. The first kappa shape index (κ1) is 18.8. The second-order valence-corrected chi connectivity index (χ2v) is 10.8. The number of nitrogens with zero attached hydrogens (tertiary/aromatic N) is 1. The number of fused-ring (bicyclic) bond motifs is 1. The third kappa shape index (κ3) is 2.70. The Bertz CT molecular complexity index is 953. The summed E-state index contributed by atoms with van der Waals surface area (Å²) in [7, 11) is -7.87. The van der Waals surface area contributed by atoms with Crippen LogP contribution < -0.4 is 0 Å². The zero-order valence-corrected chi connectivity index (χ0v) is 15.6. The van der Waals surface area contributed by atoms with Gasteiger partial charge in [-0.1, -0.05) is 18.2 Å². The van der Waals surface area contributed by atoms with Crippen molar-refractivity contribution in [1.29, 1.82) is 0 Å². The van der Waals surface area contributed by atoms with Gasteiger partial charge in [0.1, 0.15) is 11.4 Å². The van der Waals surface area contributed by atoms with Gasteiger partial charge in [-0.3, -0.25) is 4.79 Å². The summed E-state index contributed by atoms with van der Waals surface area (Å²) in [6.07, 6.45) is -0.172. The minimum Gasteiger partial charge on any atom is -0.436 e. The van der Waals surface area contributed by atoms with Gasteiger partial charge in [0.25, 0.3) is 10.1 Å². The highest BCUT2D eigenvalue weighted by molar-refractivity contribution is 7.93. The summed E-state index contributed by atoms with van der Waals surface area (Å²) in [6, 6.07) is 5.91. The molecule has 0 aliphatic carbocycles. The molecule has 2 heterocycles. The number of amides is 1. The van der Waals surface area contributed by atoms with Crippen molar-refractivity contribution >= 4 is 31.8 Å². The van der Waals surface area contributed by atoms with Crippen molar-refractivity contribution in [3.05, 3.63) is 30.3 Å². The predicted molar refractivity (Wildman–Crippen MR) is 87.7 cm³/mol. The number of benzene rings is 1. The molecule has 1 aromatic carbocycles. The van der Waals surface area contributed by atoms with Gasteiger partial charge >= 0.3 is 5.97 Å². The predicted octanol–water partition coefficient (Wildman–Crippen LogP) is 0.0266. The smallest absolute Gasteiger partial charge is 0.332 e. The van der Waals surface area contributed by atoms with E-state index < -0.39 is 54.8 Å². The quantitative estimate of drug-likeness (QED) is 0.292. The molecule has 9 nitrogen and oxygen atoms in total. The van der Waals surface area contributed by atoms with Crippen molar-refractivity contribution in [3.63, 3.8) is 0 Å². The second kappa shape index (κ2) is 6.03. The highest BCUT2D eigenvalue weighted by Crippen LogP contribution is 2.46. The Kier molecular flexibility index (Phi) is 4.36. The summed E-state index contributed by atoms with van der Waals surface area (Å²) in [6.45, 7) is 1.75. The lowest BCUT2D eigenvalue weighted by molar-refractivity contribution is -0.165. The molecule has 1 aromatic rings. The van der Waals surface area contributed by atoms with E-state index in [0.29, 0.717) is 0 Å². The van der Waals surface area contributed by atoms with Gasteiger partial charge in [-0.05, 0) is 26.0 Å². The molecule has 142 valence electrons. The summed E-state index contributed by atoms with van der Waals surface area (Å²) < 4.78 is 56.7. The molecule has 2 aliphatic rings. The molecule has 0 aromatic heterocycles. The number of carbonyl (C=O) groups excluding carboxylic acids is 2. The Morgan fingerprint density at radius 2 is 1.88 bits per heavy atom. The molecule has 2 aliphatic heterocycles. The molecule has 2 atom stereocenters. The van der Waals surface area contributed by atoms with Crippen LogP contribution in [0.25, 0.3) is 0 Å². The Labute approximate surface area is 150 Å². The van der Waals surface area contributed by atoms with Gasteiger partial charge in [0, 0.05) is 0 Å². The number of ether oxygens (including phenoxy) is 1. The van der Waals surface area contributed by atoms with Gasteiger partial charge < -0.3 is 9.64 Å². The molecule has 2 fully saturated rings. The van der Waals surface area contributed by atoms with Crippen LogP contribution in [0.4, 0.5) is 0 Å². The first-order valence-electron chi connectivity index (χ1n) is 7.66. The molecule has 0 radical (unpaired) electrons. The van der Waals surface area contributed by atoms with E-state index >= 15 is 0 Å². The minimum absolute atomic E-state index is 0.113. The number of rotatable bonds is 5. The monoisotopic (exact) mass is 403 g/mol. The molecule has 1 amide bonds. The van der Waals surface area contributed by atoms with Crippen LogP contribution in [0.3, 0.4) is 0 Å². The van der Waals surface area contributed by atoms with Crippen molar-refractivity contribution in [2.45, 2.75) is 41.3 Å². The molecule has 3 rings (SSSR count). The lowest BCUT2D eigenvalue weighted by Crippen LogP contribution is -2.57. The van der Waals surface area contributed by atoms with Gasteiger partial charge in [0.2, 0.25) is 12.7 Å². The van der Waals surface area contributed by atoms with Crippen molar-refractivity contribution in [1.82, 2.24) is 4.90 Å². The van der Waals surface area contributed by atoms with E-state index in [1.807, 2.05) is 0 Å². The van der Waals surface area contributed by atoms with Crippen LogP contribution in [0.5, 0.6) is 0 Å². The summed E-state index contributed by atoms with van der Waals surface area (Å²) in [5, 5.41) is -1.04. The molecule has 2 saturated heterocycles. The first-order valence-corrected chi connectivity index (χ1v) is 10.6. The topological polar surface area (TPSA) is 124 Å². The summed E-state index contributed by atoms with van der Waals surface area (Å²) >= 11 is 0. The fourth-order valence-electron chi connectivity index (χ4n) is 3.09. The van der Waals surface area contributed by atoms with Gasteiger partial charge in [-0.15, -0.1) is 0 Å². The summed E-state index contributed by atoms with van der Waals surface area (Å²) in [4.78, 5) is 25.0. The van der Waals surface area contributed by atoms with Crippen molar-refractivity contribution in [3.8, 4) is 0 Å². The molecule has 0 unspecified atom stereocenters. The normalized spacial score (nSPS) is 26.1. The van der Waals surface area contributed by atoms with E-state index in [0.717, 1.165) is 4.90 Å². The highest BCUT2D eigenvalue weighted by atomic mass is 32.2. The average Bonchev–Trinajstić information content (AvgIpc) is 2.69. The maximum Gasteiger partial charge on any atom is 0.332 e. The van der Waals surface area contributed by atoms with E-state index in [1.54, 1.807) is 6.07 Å². The first-order chi connectivity index (χ1) is 12.0. The summed E-state index contributed by atoms with van der Waals surface area (Å²) in [5.74, 6) is -1.50. The Morgan fingerprint density at radius 1 is 1.27 bits per heavy atom. The van der Waals surface area contributed by atoms with E-state index in [1.165, 1.54) is 38.1 Å². The number of sulfone groups is 1. The number of hydrogen-bond donors (Lipinski definition) is 0. The van der Waals surface area contributed by atoms with E-state index in [-0.39, 0.29) is 11.3 Å². The minimum atomic E-state index is -4.13. The van der Waals surface area contributed by atoms with Crippen LogP contribution in [0.2, 0.25) is 0 Å². The van der Waals surface area contributed by atoms with Crippen molar-refractivity contribution < 1.29 is 35.3 Å². The Hall–Kier alpha value is -1.98. The second-order valence-electron chi connectivity index (χ2n) is 6.48. The molecule has 0 N–H and O–H groups in total. The van der Waals surface area contributed by atoms with Crippen LogP contribution in [-0.2, 0) is 38.5 Å². The highest BCUT2D eigenvalue weighted by Gasteiger charge is 2.68. The third-order valence-corrected chi connectivity index (χ3v) is 8.69. The van der Waals surface area contributed by atoms with Gasteiger partial charge in [-0.2, -0.15) is 8.42 Å². The maximum atomic E-state index is 12.4. The third-order valence-electron chi connectivity index (χ3n) is 4.64. The fourth-order valence-corrected chi connectivity index (χ4v) is 6.01. The average molecular weight is 403 g/mol. The van der Waals surface area contributed by atoms with E-state index in [2.05, 4.69) is 4.18 Å². The SMILES string of the molecule is CC1(C)[C@H](C(=O)OCOS(=O)(=O)c2ccccc2)N2C(=O)C[C@H]2S1(=O)=O. The number of esters is 1. The lowest BCUT2D eigenvalue weighted by atomic mass is 9.98. The number of β-lactam (4-membered cyclic amide) rings is 1. The van der Waals surface area contributed by atoms with Crippen LogP contribution in [0.1, 0.15) is 20.3 Å². The van der Waals surface area contributed by atoms with Crippen LogP contribution in [-0.4, -0.2) is 56.6 Å². The number of carbonyl (C=O) groups is 2. The zero-order chi connectivity index (χ0) is 19.3. The molecule has 0 saturated carbocycles. The molecule has 26 heavy (non-hydrogen) atoms.